The Morgan fingerprint density at radius 3 is 2.48 bits per heavy atom. The molecule has 6 nitrogen and oxygen atoms in total. The second-order valence-electron chi connectivity index (χ2n) is 4.60. The first kappa shape index (κ1) is 14.8. The van der Waals surface area contributed by atoms with Crippen molar-refractivity contribution in [3.63, 3.8) is 0 Å². The highest BCUT2D eigenvalue weighted by Crippen LogP contribution is 2.15. The fraction of sp³-hybridized carbons (Fsp3) is 0.267. The molecule has 6 heteroatoms. The van der Waals surface area contributed by atoms with Crippen LogP contribution in [0.25, 0.3) is 0 Å². The van der Waals surface area contributed by atoms with Crippen LogP contribution in [-0.2, 0) is 9.53 Å². The molecule has 21 heavy (non-hydrogen) atoms. The van der Waals surface area contributed by atoms with Gasteiger partial charge < -0.3 is 14.6 Å². The number of carbonyl (C=O) groups is 2. The minimum absolute atomic E-state index is 0.259. The molecule has 110 valence electrons. The van der Waals surface area contributed by atoms with Crippen LogP contribution in [0.15, 0.2) is 34.9 Å². The molecule has 1 amide bonds. The molecule has 2 rings (SSSR count). The van der Waals surface area contributed by atoms with E-state index in [1.165, 1.54) is 6.92 Å². The SMILES string of the molecule is Cc1noc(C)c1C(=O)O[C@@H](C)C(=O)Nc1ccccc1. The molecule has 0 aliphatic rings. The summed E-state index contributed by atoms with van der Waals surface area (Å²) >= 11 is 0. The van der Waals surface area contributed by atoms with Gasteiger partial charge in [-0.25, -0.2) is 4.79 Å². The van der Waals surface area contributed by atoms with Crippen LogP contribution < -0.4 is 5.32 Å². The lowest BCUT2D eigenvalue weighted by atomic mass is 10.2. The van der Waals surface area contributed by atoms with Gasteiger partial charge in [-0.2, -0.15) is 0 Å². The summed E-state index contributed by atoms with van der Waals surface area (Å²) in [5.41, 5.74) is 1.34. The smallest absolute Gasteiger partial charge is 0.344 e. The molecule has 0 radical (unpaired) electrons. The zero-order chi connectivity index (χ0) is 15.4. The third-order valence-electron chi connectivity index (χ3n) is 2.93. The van der Waals surface area contributed by atoms with Crippen LogP contribution in [0.2, 0.25) is 0 Å². The van der Waals surface area contributed by atoms with E-state index in [0.717, 1.165) is 0 Å². The van der Waals surface area contributed by atoms with E-state index in [9.17, 15) is 9.59 Å². The third kappa shape index (κ3) is 3.47. The first-order valence-electron chi connectivity index (χ1n) is 6.49. The number of para-hydroxylation sites is 1. The minimum atomic E-state index is -0.925. The maximum absolute atomic E-state index is 12.0. The summed E-state index contributed by atoms with van der Waals surface area (Å²) in [4.78, 5) is 24.0. The van der Waals surface area contributed by atoms with Gasteiger partial charge in [-0.1, -0.05) is 23.4 Å². The van der Waals surface area contributed by atoms with E-state index in [1.54, 1.807) is 38.1 Å². The molecule has 1 aromatic heterocycles. The molecule has 0 unspecified atom stereocenters. The number of anilines is 1. The molecule has 0 spiro atoms. The Balaban J connectivity index is 1.99. The van der Waals surface area contributed by atoms with Crippen molar-refractivity contribution in [1.29, 1.82) is 0 Å². The zero-order valence-electron chi connectivity index (χ0n) is 12.0. The van der Waals surface area contributed by atoms with Crippen LogP contribution in [-0.4, -0.2) is 23.1 Å². The molecular weight excluding hydrogens is 272 g/mol. The number of aryl methyl sites for hydroxylation is 2. The van der Waals surface area contributed by atoms with Crippen LogP contribution >= 0.6 is 0 Å². The van der Waals surface area contributed by atoms with Crippen LogP contribution in [0.1, 0.15) is 28.7 Å². The van der Waals surface area contributed by atoms with Crippen molar-refractivity contribution in [3.05, 3.63) is 47.3 Å². The zero-order valence-corrected chi connectivity index (χ0v) is 12.0. The molecule has 1 atom stereocenters. The fourth-order valence-corrected chi connectivity index (χ4v) is 1.81. The number of ether oxygens (including phenoxy) is 1. The summed E-state index contributed by atoms with van der Waals surface area (Å²) < 4.78 is 10.0. The van der Waals surface area contributed by atoms with E-state index >= 15 is 0 Å². The summed E-state index contributed by atoms with van der Waals surface area (Å²) in [6.07, 6.45) is -0.925. The summed E-state index contributed by atoms with van der Waals surface area (Å²) in [7, 11) is 0. The van der Waals surface area contributed by atoms with E-state index in [1.807, 2.05) is 6.07 Å². The molecule has 0 saturated heterocycles. The van der Waals surface area contributed by atoms with Gasteiger partial charge in [0.15, 0.2) is 6.10 Å². The van der Waals surface area contributed by atoms with Gasteiger partial charge in [0.25, 0.3) is 5.91 Å². The number of carbonyl (C=O) groups excluding carboxylic acids is 2. The van der Waals surface area contributed by atoms with Crippen molar-refractivity contribution >= 4 is 17.6 Å². The molecule has 2 aromatic rings. The standard InChI is InChI=1S/C15H16N2O4/c1-9-13(10(2)21-17-9)15(19)20-11(3)14(18)16-12-7-5-4-6-8-12/h4-8,11H,1-3H3,(H,16,18)/t11-/m0/s1. The molecule has 1 N–H and O–H groups in total. The average molecular weight is 288 g/mol. The van der Waals surface area contributed by atoms with Crippen LogP contribution in [0.4, 0.5) is 5.69 Å². The van der Waals surface area contributed by atoms with Crippen molar-refractivity contribution in [2.75, 3.05) is 5.32 Å². The van der Waals surface area contributed by atoms with Crippen molar-refractivity contribution in [3.8, 4) is 0 Å². The lowest BCUT2D eigenvalue weighted by molar-refractivity contribution is -0.123. The Hall–Kier alpha value is -2.63. The first-order chi connectivity index (χ1) is 9.99. The molecule has 1 aromatic carbocycles. The number of esters is 1. The first-order valence-corrected chi connectivity index (χ1v) is 6.49. The lowest BCUT2D eigenvalue weighted by Gasteiger charge is -2.13. The van der Waals surface area contributed by atoms with Gasteiger partial charge in [-0.15, -0.1) is 0 Å². The van der Waals surface area contributed by atoms with Crippen molar-refractivity contribution in [2.24, 2.45) is 0 Å². The average Bonchev–Trinajstić information content (AvgIpc) is 2.79. The maximum Gasteiger partial charge on any atom is 0.344 e. The van der Waals surface area contributed by atoms with E-state index in [0.29, 0.717) is 17.1 Å². The number of hydrogen-bond acceptors (Lipinski definition) is 5. The highest BCUT2D eigenvalue weighted by Gasteiger charge is 2.24. The normalized spacial score (nSPS) is 11.8. The topological polar surface area (TPSA) is 81.4 Å². The predicted molar refractivity (Wildman–Crippen MR) is 75.9 cm³/mol. The van der Waals surface area contributed by atoms with Gasteiger partial charge in [0.1, 0.15) is 11.3 Å². The Morgan fingerprint density at radius 1 is 1.24 bits per heavy atom. The van der Waals surface area contributed by atoms with Gasteiger partial charge >= 0.3 is 5.97 Å². The lowest BCUT2D eigenvalue weighted by Crippen LogP contribution is -2.30. The molecule has 0 aliphatic heterocycles. The number of aromatic nitrogens is 1. The van der Waals surface area contributed by atoms with Gasteiger partial charge in [-0.05, 0) is 32.9 Å². The Bertz CT molecular complexity index is 629. The molecule has 0 fully saturated rings. The van der Waals surface area contributed by atoms with Crippen LogP contribution in [0, 0.1) is 13.8 Å². The largest absolute Gasteiger partial charge is 0.449 e. The number of rotatable bonds is 4. The number of benzene rings is 1. The summed E-state index contributed by atoms with van der Waals surface area (Å²) in [6, 6.07) is 8.95. The molecule has 0 saturated carbocycles. The molecule has 0 aliphatic carbocycles. The monoisotopic (exact) mass is 288 g/mol. The summed E-state index contributed by atoms with van der Waals surface area (Å²) in [5, 5.41) is 6.35. The second kappa shape index (κ2) is 6.21. The van der Waals surface area contributed by atoms with E-state index in [-0.39, 0.29) is 5.56 Å². The maximum atomic E-state index is 12.0. The fourth-order valence-electron chi connectivity index (χ4n) is 1.81. The molecule has 1 heterocycles. The van der Waals surface area contributed by atoms with Crippen molar-refractivity contribution < 1.29 is 18.8 Å². The van der Waals surface area contributed by atoms with E-state index in [2.05, 4.69) is 10.5 Å². The van der Waals surface area contributed by atoms with Crippen molar-refractivity contribution in [1.82, 2.24) is 5.16 Å². The Kier molecular flexibility index (Phi) is 4.37. The second-order valence-corrected chi connectivity index (χ2v) is 4.60. The number of nitrogens with zero attached hydrogens (tertiary/aromatic N) is 1. The number of amides is 1. The van der Waals surface area contributed by atoms with Gasteiger partial charge in [0, 0.05) is 5.69 Å². The van der Waals surface area contributed by atoms with Crippen LogP contribution in [0.5, 0.6) is 0 Å². The molecule has 0 bridgehead atoms. The van der Waals surface area contributed by atoms with E-state index in [4.69, 9.17) is 9.26 Å². The molecular formula is C15H16N2O4. The predicted octanol–water partition coefficient (Wildman–Crippen LogP) is 2.48. The van der Waals surface area contributed by atoms with Gasteiger partial charge in [-0.3, -0.25) is 4.79 Å². The minimum Gasteiger partial charge on any atom is -0.449 e. The van der Waals surface area contributed by atoms with Crippen molar-refractivity contribution in [2.45, 2.75) is 26.9 Å². The highest BCUT2D eigenvalue weighted by molar-refractivity contribution is 5.97. The number of hydrogen-bond donors (Lipinski definition) is 1. The highest BCUT2D eigenvalue weighted by atomic mass is 16.5. The summed E-state index contributed by atoms with van der Waals surface area (Å²) in [5.74, 6) is -0.656. The quantitative estimate of drug-likeness (QED) is 0.874. The Labute approximate surface area is 122 Å². The van der Waals surface area contributed by atoms with Gasteiger partial charge in [0.2, 0.25) is 0 Å². The Morgan fingerprint density at radius 2 is 1.90 bits per heavy atom. The summed E-state index contributed by atoms with van der Waals surface area (Å²) in [6.45, 7) is 4.77. The van der Waals surface area contributed by atoms with E-state index < -0.39 is 18.0 Å². The number of nitrogens with one attached hydrogen (secondary N) is 1. The third-order valence-corrected chi connectivity index (χ3v) is 2.93. The van der Waals surface area contributed by atoms with Crippen LogP contribution in [0.3, 0.4) is 0 Å². The van der Waals surface area contributed by atoms with Gasteiger partial charge in [0.05, 0.1) is 5.69 Å².